The number of hydrogen-bond donors (Lipinski definition) is 0. The van der Waals surface area contributed by atoms with Gasteiger partial charge in [-0.15, -0.1) is 10.2 Å². The van der Waals surface area contributed by atoms with E-state index in [2.05, 4.69) is 44.3 Å². The summed E-state index contributed by atoms with van der Waals surface area (Å²) in [7, 11) is 0. The second-order valence-electron chi connectivity index (χ2n) is 7.41. The zero-order chi connectivity index (χ0) is 21.0. The quantitative estimate of drug-likeness (QED) is 0.267. The average molecular weight is 472 g/mol. The molecule has 6 nitrogen and oxygen atoms in total. The predicted molar refractivity (Wildman–Crippen MR) is 128 cm³/mol. The van der Waals surface area contributed by atoms with Gasteiger partial charge in [-0.05, 0) is 60.9 Å². The SMILES string of the molecule is Clc1ccc(-c2nnc(SCCCN3CCN(c4nsc5ccccc45)CC3)o2)cc1. The second kappa shape index (κ2) is 9.56. The Morgan fingerprint density at radius 1 is 1.00 bits per heavy atom. The Hall–Kier alpha value is -2.13. The van der Waals surface area contributed by atoms with Crippen LogP contribution in [0.15, 0.2) is 58.2 Å². The largest absolute Gasteiger partial charge is 0.411 e. The molecule has 1 aliphatic heterocycles. The molecule has 1 saturated heterocycles. The lowest BCUT2D eigenvalue weighted by Gasteiger charge is -2.35. The van der Waals surface area contributed by atoms with Crippen LogP contribution >= 0.6 is 34.9 Å². The molecule has 0 amide bonds. The normalized spacial score (nSPS) is 15.1. The summed E-state index contributed by atoms with van der Waals surface area (Å²) in [5, 5.41) is 10.9. The van der Waals surface area contributed by atoms with Crippen LogP contribution in [-0.2, 0) is 0 Å². The van der Waals surface area contributed by atoms with Crippen molar-refractivity contribution in [3.63, 3.8) is 0 Å². The van der Waals surface area contributed by atoms with Crippen LogP contribution in [0.3, 0.4) is 0 Å². The number of anilines is 1. The third-order valence-corrected chi connectivity index (χ3v) is 7.35. The molecule has 0 bridgehead atoms. The molecule has 31 heavy (non-hydrogen) atoms. The monoisotopic (exact) mass is 471 g/mol. The highest BCUT2D eigenvalue weighted by molar-refractivity contribution is 7.99. The zero-order valence-corrected chi connectivity index (χ0v) is 19.3. The zero-order valence-electron chi connectivity index (χ0n) is 16.9. The minimum absolute atomic E-state index is 0.532. The Morgan fingerprint density at radius 2 is 1.81 bits per heavy atom. The number of benzene rings is 2. The molecule has 1 aliphatic rings. The maximum atomic E-state index is 5.93. The van der Waals surface area contributed by atoms with Crippen LogP contribution in [0.1, 0.15) is 6.42 Å². The summed E-state index contributed by atoms with van der Waals surface area (Å²) in [6.45, 7) is 5.26. The van der Waals surface area contributed by atoms with E-state index in [9.17, 15) is 0 Å². The van der Waals surface area contributed by atoms with Gasteiger partial charge in [0.2, 0.25) is 5.89 Å². The van der Waals surface area contributed by atoms with Gasteiger partial charge in [-0.25, -0.2) is 0 Å². The van der Waals surface area contributed by atoms with Crippen LogP contribution in [0.5, 0.6) is 0 Å². The van der Waals surface area contributed by atoms with Crippen molar-refractivity contribution in [1.82, 2.24) is 19.5 Å². The molecule has 0 unspecified atom stereocenters. The van der Waals surface area contributed by atoms with Crippen molar-refractivity contribution in [1.29, 1.82) is 0 Å². The molecule has 0 saturated carbocycles. The van der Waals surface area contributed by atoms with Crippen LogP contribution in [0.2, 0.25) is 5.02 Å². The number of thioether (sulfide) groups is 1. The van der Waals surface area contributed by atoms with E-state index in [0.717, 1.165) is 56.3 Å². The molecule has 4 aromatic rings. The Balaban J connectivity index is 1.06. The molecular formula is C22H22ClN5OS2. The van der Waals surface area contributed by atoms with Gasteiger partial charge >= 0.3 is 0 Å². The molecule has 0 aliphatic carbocycles. The van der Waals surface area contributed by atoms with Gasteiger partial charge in [0.25, 0.3) is 5.22 Å². The molecule has 1 fully saturated rings. The Morgan fingerprint density at radius 3 is 2.65 bits per heavy atom. The van der Waals surface area contributed by atoms with Gasteiger partial charge in [-0.3, -0.25) is 4.90 Å². The van der Waals surface area contributed by atoms with E-state index in [1.54, 1.807) is 23.3 Å². The van der Waals surface area contributed by atoms with Gasteiger partial charge in [-0.1, -0.05) is 35.5 Å². The van der Waals surface area contributed by atoms with E-state index in [0.29, 0.717) is 16.1 Å². The lowest BCUT2D eigenvalue weighted by molar-refractivity contribution is 0.259. The first-order chi connectivity index (χ1) is 15.3. The molecule has 2 aromatic heterocycles. The fraction of sp³-hybridized carbons (Fsp3) is 0.318. The van der Waals surface area contributed by atoms with Crippen LogP contribution in [0, 0.1) is 0 Å². The van der Waals surface area contributed by atoms with Gasteiger partial charge in [0.15, 0.2) is 0 Å². The molecule has 0 atom stereocenters. The molecule has 5 rings (SSSR count). The number of fused-ring (bicyclic) bond motifs is 1. The third-order valence-electron chi connectivity index (χ3n) is 5.37. The highest BCUT2D eigenvalue weighted by atomic mass is 35.5. The molecule has 3 heterocycles. The number of halogens is 1. The summed E-state index contributed by atoms with van der Waals surface area (Å²) in [6, 6.07) is 15.9. The van der Waals surface area contributed by atoms with Gasteiger partial charge in [0, 0.05) is 47.9 Å². The van der Waals surface area contributed by atoms with Crippen molar-refractivity contribution in [2.75, 3.05) is 43.4 Å². The number of piperazine rings is 1. The highest BCUT2D eigenvalue weighted by Crippen LogP contribution is 2.30. The third kappa shape index (κ3) is 4.87. The lowest BCUT2D eigenvalue weighted by Crippen LogP contribution is -2.46. The van der Waals surface area contributed by atoms with E-state index in [1.807, 2.05) is 24.3 Å². The Labute approximate surface area is 194 Å². The number of rotatable bonds is 7. The van der Waals surface area contributed by atoms with E-state index in [1.165, 1.54) is 10.1 Å². The fourth-order valence-electron chi connectivity index (χ4n) is 3.71. The molecule has 0 N–H and O–H groups in total. The van der Waals surface area contributed by atoms with Crippen molar-refractivity contribution >= 4 is 50.8 Å². The van der Waals surface area contributed by atoms with Gasteiger partial charge in [-0.2, -0.15) is 4.37 Å². The Kier molecular flexibility index (Phi) is 6.40. The van der Waals surface area contributed by atoms with Gasteiger partial charge in [0.05, 0.1) is 4.70 Å². The summed E-state index contributed by atoms with van der Waals surface area (Å²) < 4.78 is 11.7. The van der Waals surface area contributed by atoms with E-state index >= 15 is 0 Å². The topological polar surface area (TPSA) is 58.3 Å². The molecular weight excluding hydrogens is 450 g/mol. The first kappa shape index (κ1) is 20.8. The summed E-state index contributed by atoms with van der Waals surface area (Å²) in [5.74, 6) is 2.63. The lowest BCUT2D eigenvalue weighted by atomic mass is 10.2. The summed E-state index contributed by atoms with van der Waals surface area (Å²) in [4.78, 5) is 4.94. The summed E-state index contributed by atoms with van der Waals surface area (Å²) >= 11 is 9.14. The number of nitrogens with zero attached hydrogens (tertiary/aromatic N) is 5. The molecule has 0 spiro atoms. The van der Waals surface area contributed by atoms with E-state index < -0.39 is 0 Å². The Bertz CT molecular complexity index is 1140. The van der Waals surface area contributed by atoms with Crippen LogP contribution in [-0.4, -0.2) is 57.9 Å². The smallest absolute Gasteiger partial charge is 0.276 e. The van der Waals surface area contributed by atoms with Crippen molar-refractivity contribution in [3.8, 4) is 11.5 Å². The minimum Gasteiger partial charge on any atom is -0.411 e. The van der Waals surface area contributed by atoms with Crippen molar-refractivity contribution in [2.24, 2.45) is 0 Å². The maximum absolute atomic E-state index is 5.93. The van der Waals surface area contributed by atoms with Crippen LogP contribution < -0.4 is 4.90 Å². The summed E-state index contributed by atoms with van der Waals surface area (Å²) in [6.07, 6.45) is 1.09. The van der Waals surface area contributed by atoms with Gasteiger partial charge < -0.3 is 9.32 Å². The number of aromatic nitrogens is 3. The van der Waals surface area contributed by atoms with Crippen molar-refractivity contribution < 1.29 is 4.42 Å². The summed E-state index contributed by atoms with van der Waals surface area (Å²) in [5.41, 5.74) is 0.884. The average Bonchev–Trinajstić information content (AvgIpc) is 3.45. The van der Waals surface area contributed by atoms with Crippen LogP contribution in [0.25, 0.3) is 21.5 Å². The predicted octanol–water partition coefficient (Wildman–Crippen LogP) is 5.30. The molecule has 160 valence electrons. The first-order valence-corrected chi connectivity index (χ1v) is 12.4. The van der Waals surface area contributed by atoms with Gasteiger partial charge in [0.1, 0.15) is 5.82 Å². The van der Waals surface area contributed by atoms with E-state index in [-0.39, 0.29) is 0 Å². The minimum atomic E-state index is 0.532. The molecule has 9 heteroatoms. The maximum Gasteiger partial charge on any atom is 0.276 e. The highest BCUT2D eigenvalue weighted by Gasteiger charge is 2.20. The van der Waals surface area contributed by atoms with Crippen LogP contribution in [0.4, 0.5) is 5.82 Å². The first-order valence-electron chi connectivity index (χ1n) is 10.3. The van der Waals surface area contributed by atoms with E-state index in [4.69, 9.17) is 20.4 Å². The standard InChI is InChI=1S/C22H22ClN5OS2/c23-17-8-6-16(7-9-17)21-24-25-22(29-21)30-15-3-10-27-11-13-28(14-12-27)20-18-4-1-2-5-19(18)31-26-20/h1-2,4-9H,3,10-15H2. The number of hydrogen-bond acceptors (Lipinski definition) is 8. The fourth-order valence-corrected chi connectivity index (χ4v) is 5.31. The van der Waals surface area contributed by atoms with Crippen molar-refractivity contribution in [3.05, 3.63) is 53.6 Å². The molecule has 2 aromatic carbocycles. The molecule has 0 radical (unpaired) electrons. The second-order valence-corrected chi connectivity index (χ2v) is 9.70. The van der Waals surface area contributed by atoms with Crippen molar-refractivity contribution in [2.45, 2.75) is 11.6 Å².